The molecule has 3 heterocycles. The SMILES string of the molecule is CC(C)(C)OC(=O)N1CCn2nc(-c3cc(Cl)c4ocnc4c3)c(C(N)=O)c2C1. The number of carbonyl (C=O) groups excluding carboxylic acids is 2. The first kappa shape index (κ1) is 19.3. The number of benzene rings is 1. The van der Waals surface area contributed by atoms with E-state index in [2.05, 4.69) is 10.1 Å². The average molecular weight is 418 g/mol. The first-order valence-electron chi connectivity index (χ1n) is 9.04. The first-order chi connectivity index (χ1) is 13.6. The number of nitrogens with two attached hydrogens (primary N) is 1. The van der Waals surface area contributed by atoms with Crippen LogP contribution in [0.5, 0.6) is 0 Å². The summed E-state index contributed by atoms with van der Waals surface area (Å²) in [6.07, 6.45) is 0.848. The van der Waals surface area contributed by atoms with E-state index in [4.69, 9.17) is 26.5 Å². The maximum Gasteiger partial charge on any atom is 0.410 e. The number of fused-ring (bicyclic) bond motifs is 2. The van der Waals surface area contributed by atoms with Crippen molar-refractivity contribution in [1.82, 2.24) is 19.7 Å². The van der Waals surface area contributed by atoms with Crippen molar-refractivity contribution in [3.63, 3.8) is 0 Å². The molecule has 1 aliphatic rings. The Labute approximate surface area is 171 Å². The Hall–Kier alpha value is -3.07. The van der Waals surface area contributed by atoms with E-state index in [9.17, 15) is 9.59 Å². The number of ether oxygens (including phenoxy) is 1. The molecule has 152 valence electrons. The van der Waals surface area contributed by atoms with Crippen LogP contribution in [0.4, 0.5) is 4.79 Å². The van der Waals surface area contributed by atoms with Crippen LogP contribution in [0.1, 0.15) is 36.8 Å². The molecule has 0 saturated heterocycles. The van der Waals surface area contributed by atoms with E-state index in [1.54, 1.807) is 37.6 Å². The number of carbonyl (C=O) groups is 2. The summed E-state index contributed by atoms with van der Waals surface area (Å²) in [4.78, 5) is 30.4. The fourth-order valence-electron chi connectivity index (χ4n) is 3.33. The molecule has 0 unspecified atom stereocenters. The molecular formula is C19H20ClN5O4. The van der Waals surface area contributed by atoms with Gasteiger partial charge in [-0.05, 0) is 32.9 Å². The normalized spacial score (nSPS) is 14.1. The standard InChI is InChI=1S/C19H20ClN5O4/c1-19(2,3)29-18(27)24-4-5-25-13(8-24)14(17(21)26)15(23-25)10-6-11(20)16-12(7-10)22-9-28-16/h6-7,9H,4-5,8H2,1-3H3,(H2,21,26). The van der Waals surface area contributed by atoms with Gasteiger partial charge in [0, 0.05) is 12.1 Å². The molecule has 4 rings (SSSR count). The molecule has 29 heavy (non-hydrogen) atoms. The Morgan fingerprint density at radius 2 is 2.03 bits per heavy atom. The molecular weight excluding hydrogens is 398 g/mol. The van der Waals surface area contributed by atoms with Crippen molar-refractivity contribution in [2.45, 2.75) is 39.5 Å². The first-order valence-corrected chi connectivity index (χ1v) is 9.42. The van der Waals surface area contributed by atoms with Crippen molar-refractivity contribution >= 4 is 34.7 Å². The summed E-state index contributed by atoms with van der Waals surface area (Å²) in [6, 6.07) is 3.39. The maximum absolute atomic E-state index is 12.5. The predicted molar refractivity (Wildman–Crippen MR) is 105 cm³/mol. The average Bonchev–Trinajstić information content (AvgIpc) is 3.23. The number of primary amides is 1. The van der Waals surface area contributed by atoms with Gasteiger partial charge in [-0.25, -0.2) is 9.78 Å². The van der Waals surface area contributed by atoms with Gasteiger partial charge in [-0.2, -0.15) is 5.10 Å². The molecule has 2 N–H and O–H groups in total. The summed E-state index contributed by atoms with van der Waals surface area (Å²) in [6.45, 7) is 6.39. The van der Waals surface area contributed by atoms with E-state index in [0.717, 1.165) is 0 Å². The van der Waals surface area contributed by atoms with Gasteiger partial charge in [0.1, 0.15) is 16.8 Å². The molecule has 2 aromatic heterocycles. The third-order valence-electron chi connectivity index (χ3n) is 4.54. The molecule has 0 bridgehead atoms. The lowest BCUT2D eigenvalue weighted by Crippen LogP contribution is -2.42. The molecule has 0 radical (unpaired) electrons. The predicted octanol–water partition coefficient (Wildman–Crippen LogP) is 3.19. The number of hydrogen-bond acceptors (Lipinski definition) is 6. The number of hydrogen-bond donors (Lipinski definition) is 1. The monoisotopic (exact) mass is 417 g/mol. The fraction of sp³-hybridized carbons (Fsp3) is 0.368. The molecule has 0 atom stereocenters. The molecule has 3 aromatic rings. The zero-order chi connectivity index (χ0) is 20.9. The number of amides is 2. The van der Waals surface area contributed by atoms with Crippen LogP contribution in [0.15, 0.2) is 22.9 Å². The van der Waals surface area contributed by atoms with Gasteiger partial charge in [0.15, 0.2) is 12.0 Å². The molecule has 0 spiro atoms. The highest BCUT2D eigenvalue weighted by Gasteiger charge is 2.32. The Morgan fingerprint density at radius 1 is 1.28 bits per heavy atom. The summed E-state index contributed by atoms with van der Waals surface area (Å²) in [5.41, 5.74) is 7.86. The minimum absolute atomic E-state index is 0.167. The summed E-state index contributed by atoms with van der Waals surface area (Å²) >= 11 is 6.28. The van der Waals surface area contributed by atoms with E-state index >= 15 is 0 Å². The maximum atomic E-state index is 12.5. The van der Waals surface area contributed by atoms with E-state index < -0.39 is 17.6 Å². The summed E-state index contributed by atoms with van der Waals surface area (Å²) in [5.74, 6) is -0.635. The van der Waals surface area contributed by atoms with Crippen LogP contribution in [-0.2, 0) is 17.8 Å². The second-order valence-electron chi connectivity index (χ2n) is 7.82. The molecule has 0 saturated carbocycles. The van der Waals surface area contributed by atoms with Crippen molar-refractivity contribution in [1.29, 1.82) is 0 Å². The van der Waals surface area contributed by atoms with Gasteiger partial charge in [0.25, 0.3) is 5.91 Å². The van der Waals surface area contributed by atoms with E-state index in [-0.39, 0.29) is 12.1 Å². The van der Waals surface area contributed by atoms with Gasteiger partial charge in [-0.15, -0.1) is 0 Å². The van der Waals surface area contributed by atoms with Crippen LogP contribution >= 0.6 is 11.6 Å². The second kappa shape index (κ2) is 6.77. The van der Waals surface area contributed by atoms with Gasteiger partial charge in [0.05, 0.1) is 29.4 Å². The lowest BCUT2D eigenvalue weighted by Gasteiger charge is -2.30. The van der Waals surface area contributed by atoms with E-state index in [0.29, 0.717) is 46.2 Å². The summed E-state index contributed by atoms with van der Waals surface area (Å²) < 4.78 is 12.4. The zero-order valence-corrected chi connectivity index (χ0v) is 17.0. The van der Waals surface area contributed by atoms with Crippen LogP contribution in [-0.4, -0.2) is 43.8 Å². The molecule has 9 nitrogen and oxygen atoms in total. The lowest BCUT2D eigenvalue weighted by molar-refractivity contribution is 0.0193. The molecule has 1 aromatic carbocycles. The van der Waals surface area contributed by atoms with Crippen molar-refractivity contribution in [3.05, 3.63) is 34.8 Å². The smallest absolute Gasteiger partial charge is 0.410 e. The molecule has 10 heteroatoms. The molecule has 2 amide bonds. The van der Waals surface area contributed by atoms with Crippen molar-refractivity contribution < 1.29 is 18.7 Å². The highest BCUT2D eigenvalue weighted by Crippen LogP contribution is 2.33. The van der Waals surface area contributed by atoms with E-state index in [1.165, 1.54) is 11.3 Å². The number of oxazole rings is 1. The van der Waals surface area contributed by atoms with Gasteiger partial charge in [-0.1, -0.05) is 11.6 Å². The second-order valence-corrected chi connectivity index (χ2v) is 8.23. The Kier molecular flexibility index (Phi) is 4.49. The largest absolute Gasteiger partial charge is 0.444 e. The molecule has 1 aliphatic heterocycles. The van der Waals surface area contributed by atoms with Gasteiger partial charge < -0.3 is 19.8 Å². The van der Waals surface area contributed by atoms with Crippen molar-refractivity contribution in [2.24, 2.45) is 5.73 Å². The Morgan fingerprint density at radius 3 is 2.72 bits per heavy atom. The van der Waals surface area contributed by atoms with Crippen LogP contribution in [0.2, 0.25) is 5.02 Å². The van der Waals surface area contributed by atoms with Crippen LogP contribution < -0.4 is 5.73 Å². The highest BCUT2D eigenvalue weighted by molar-refractivity contribution is 6.35. The van der Waals surface area contributed by atoms with Gasteiger partial charge in [0.2, 0.25) is 0 Å². The Bertz CT molecular complexity index is 1130. The number of halogens is 1. The van der Waals surface area contributed by atoms with Crippen molar-refractivity contribution in [3.8, 4) is 11.3 Å². The summed E-state index contributed by atoms with van der Waals surface area (Å²) in [5, 5.41) is 4.92. The minimum atomic E-state index is -0.635. The third kappa shape index (κ3) is 3.53. The highest BCUT2D eigenvalue weighted by atomic mass is 35.5. The van der Waals surface area contributed by atoms with Crippen LogP contribution in [0.25, 0.3) is 22.4 Å². The molecule has 0 fully saturated rings. The van der Waals surface area contributed by atoms with Crippen LogP contribution in [0, 0.1) is 0 Å². The number of rotatable bonds is 2. The quantitative estimate of drug-likeness (QED) is 0.684. The van der Waals surface area contributed by atoms with Crippen molar-refractivity contribution in [2.75, 3.05) is 6.54 Å². The van der Waals surface area contributed by atoms with Crippen LogP contribution in [0.3, 0.4) is 0 Å². The summed E-state index contributed by atoms with van der Waals surface area (Å²) in [7, 11) is 0. The van der Waals surface area contributed by atoms with Gasteiger partial charge in [-0.3, -0.25) is 9.48 Å². The fourth-order valence-corrected chi connectivity index (χ4v) is 3.58. The lowest BCUT2D eigenvalue weighted by atomic mass is 10.0. The third-order valence-corrected chi connectivity index (χ3v) is 4.82. The van der Waals surface area contributed by atoms with E-state index in [1.807, 2.05) is 0 Å². The molecule has 0 aliphatic carbocycles. The Balaban J connectivity index is 1.75. The zero-order valence-electron chi connectivity index (χ0n) is 16.2. The van der Waals surface area contributed by atoms with Gasteiger partial charge >= 0.3 is 6.09 Å². The number of aromatic nitrogens is 3. The number of nitrogens with zero attached hydrogens (tertiary/aromatic N) is 4. The topological polar surface area (TPSA) is 116 Å². The minimum Gasteiger partial charge on any atom is -0.444 e.